The number of halogens is 3. The van der Waals surface area contributed by atoms with Crippen LogP contribution >= 0.6 is 0 Å². The molecule has 120 valence electrons. The van der Waals surface area contributed by atoms with E-state index >= 15 is 0 Å². The van der Waals surface area contributed by atoms with Crippen LogP contribution in [0.5, 0.6) is 0 Å². The van der Waals surface area contributed by atoms with E-state index < -0.39 is 29.9 Å². The molecule has 0 aromatic heterocycles. The van der Waals surface area contributed by atoms with Gasteiger partial charge < -0.3 is 9.64 Å². The van der Waals surface area contributed by atoms with E-state index in [-0.39, 0.29) is 5.91 Å². The van der Waals surface area contributed by atoms with Gasteiger partial charge in [-0.3, -0.25) is 4.79 Å². The number of hydrogen-bond acceptors (Lipinski definition) is 3. The van der Waals surface area contributed by atoms with Crippen LogP contribution < -0.4 is 0 Å². The average Bonchev–Trinajstić information content (AvgIpc) is 2.52. The number of alkyl halides is 3. The summed E-state index contributed by atoms with van der Waals surface area (Å²) in [5.41, 5.74) is -1.65. The number of piperidine rings is 1. The van der Waals surface area contributed by atoms with E-state index in [0.717, 1.165) is 31.4 Å². The third-order valence-electron chi connectivity index (χ3n) is 3.49. The fraction of sp³-hybridized carbons (Fsp3) is 0.467. The van der Waals surface area contributed by atoms with Crippen LogP contribution in [0.4, 0.5) is 13.2 Å². The number of carbonyl (C=O) groups is 2. The maximum Gasteiger partial charge on any atom is 0.417 e. The zero-order valence-corrected chi connectivity index (χ0v) is 11.9. The molecule has 1 saturated heterocycles. The van der Waals surface area contributed by atoms with Crippen LogP contribution in [-0.4, -0.2) is 36.5 Å². The molecule has 1 aliphatic heterocycles. The molecule has 4 nitrogen and oxygen atoms in total. The van der Waals surface area contributed by atoms with Crippen LogP contribution in [0.25, 0.3) is 0 Å². The lowest BCUT2D eigenvalue weighted by Crippen LogP contribution is -2.38. The zero-order valence-electron chi connectivity index (χ0n) is 11.9. The third kappa shape index (κ3) is 3.99. The molecule has 1 aromatic rings. The number of rotatable bonds is 3. The van der Waals surface area contributed by atoms with Crippen LogP contribution in [0, 0.1) is 0 Å². The van der Waals surface area contributed by atoms with Crippen molar-refractivity contribution in [3.8, 4) is 0 Å². The van der Waals surface area contributed by atoms with Gasteiger partial charge in [-0.05, 0) is 31.4 Å². The lowest BCUT2D eigenvalue weighted by Gasteiger charge is -2.26. The Kier molecular flexibility index (Phi) is 5.05. The third-order valence-corrected chi connectivity index (χ3v) is 3.49. The molecule has 0 saturated carbocycles. The Morgan fingerprint density at radius 1 is 1.09 bits per heavy atom. The molecule has 7 heteroatoms. The molecule has 0 spiro atoms. The first-order valence-electron chi connectivity index (χ1n) is 7.00. The monoisotopic (exact) mass is 315 g/mol. The predicted molar refractivity (Wildman–Crippen MR) is 72.2 cm³/mol. The van der Waals surface area contributed by atoms with Gasteiger partial charge >= 0.3 is 12.1 Å². The lowest BCUT2D eigenvalue weighted by molar-refractivity contribution is -0.138. The molecule has 1 fully saturated rings. The highest BCUT2D eigenvalue weighted by Crippen LogP contribution is 2.32. The standard InChI is InChI=1S/C15H16F3NO3/c16-15(17,18)12-7-3-2-6-11(12)14(21)22-10-13(20)19-8-4-1-5-9-19/h2-3,6-7H,1,4-5,8-10H2. The van der Waals surface area contributed by atoms with Crippen molar-refractivity contribution in [3.05, 3.63) is 35.4 Å². The van der Waals surface area contributed by atoms with E-state index in [9.17, 15) is 22.8 Å². The average molecular weight is 315 g/mol. The summed E-state index contributed by atoms with van der Waals surface area (Å²) < 4.78 is 43.2. The number of esters is 1. The van der Waals surface area contributed by atoms with Crippen molar-refractivity contribution in [1.29, 1.82) is 0 Å². The van der Waals surface area contributed by atoms with Crippen molar-refractivity contribution in [2.75, 3.05) is 19.7 Å². The second-order valence-corrected chi connectivity index (χ2v) is 5.06. The van der Waals surface area contributed by atoms with E-state index in [1.165, 1.54) is 12.1 Å². The maximum absolute atomic E-state index is 12.8. The number of benzene rings is 1. The Morgan fingerprint density at radius 3 is 2.36 bits per heavy atom. The Balaban J connectivity index is 1.99. The predicted octanol–water partition coefficient (Wildman–Crippen LogP) is 2.87. The highest BCUT2D eigenvalue weighted by Gasteiger charge is 2.35. The van der Waals surface area contributed by atoms with Crippen LogP contribution in [-0.2, 0) is 15.7 Å². The van der Waals surface area contributed by atoms with Gasteiger partial charge in [0, 0.05) is 13.1 Å². The first-order valence-corrected chi connectivity index (χ1v) is 7.00. The van der Waals surface area contributed by atoms with Gasteiger partial charge in [-0.2, -0.15) is 13.2 Å². The molecule has 1 aromatic carbocycles. The number of ether oxygens (including phenoxy) is 1. The van der Waals surface area contributed by atoms with Crippen molar-refractivity contribution in [2.24, 2.45) is 0 Å². The fourth-order valence-corrected chi connectivity index (χ4v) is 2.35. The van der Waals surface area contributed by atoms with Gasteiger partial charge in [0.2, 0.25) is 0 Å². The van der Waals surface area contributed by atoms with E-state index in [4.69, 9.17) is 4.74 Å². The minimum absolute atomic E-state index is 0.377. The Labute approximate surface area is 125 Å². The summed E-state index contributed by atoms with van der Waals surface area (Å²) in [6.07, 6.45) is -1.83. The summed E-state index contributed by atoms with van der Waals surface area (Å²) >= 11 is 0. The molecule has 2 rings (SSSR count). The van der Waals surface area contributed by atoms with Crippen molar-refractivity contribution in [2.45, 2.75) is 25.4 Å². The molecule has 22 heavy (non-hydrogen) atoms. The molecular weight excluding hydrogens is 299 g/mol. The summed E-state index contributed by atoms with van der Waals surface area (Å²) in [7, 11) is 0. The summed E-state index contributed by atoms with van der Waals surface area (Å²) in [5.74, 6) is -1.52. The fourth-order valence-electron chi connectivity index (χ4n) is 2.35. The number of hydrogen-bond donors (Lipinski definition) is 0. The van der Waals surface area contributed by atoms with Gasteiger partial charge in [0.05, 0.1) is 11.1 Å². The molecule has 0 unspecified atom stereocenters. The molecule has 0 N–H and O–H groups in total. The Hall–Kier alpha value is -2.05. The molecule has 1 amide bonds. The van der Waals surface area contributed by atoms with Crippen LogP contribution in [0.3, 0.4) is 0 Å². The quantitative estimate of drug-likeness (QED) is 0.806. The summed E-state index contributed by atoms with van der Waals surface area (Å²) in [6, 6.07) is 4.36. The Bertz CT molecular complexity index is 551. The second-order valence-electron chi connectivity index (χ2n) is 5.06. The molecule has 0 bridgehead atoms. The highest BCUT2D eigenvalue weighted by atomic mass is 19.4. The number of amides is 1. The molecule has 0 radical (unpaired) electrons. The highest BCUT2D eigenvalue weighted by molar-refractivity contribution is 5.93. The lowest BCUT2D eigenvalue weighted by atomic mass is 10.1. The molecule has 0 atom stereocenters. The van der Waals surface area contributed by atoms with Gasteiger partial charge in [-0.1, -0.05) is 12.1 Å². The minimum atomic E-state index is -4.65. The van der Waals surface area contributed by atoms with Gasteiger partial charge in [-0.25, -0.2) is 4.79 Å². The zero-order chi connectivity index (χ0) is 16.2. The van der Waals surface area contributed by atoms with E-state index in [1.807, 2.05) is 0 Å². The number of nitrogens with zero attached hydrogens (tertiary/aromatic N) is 1. The topological polar surface area (TPSA) is 46.6 Å². The first kappa shape index (κ1) is 16.3. The van der Waals surface area contributed by atoms with Gasteiger partial charge in [0.1, 0.15) is 0 Å². The summed E-state index contributed by atoms with van der Waals surface area (Å²) in [5, 5.41) is 0. The van der Waals surface area contributed by atoms with Crippen LogP contribution in [0.15, 0.2) is 24.3 Å². The minimum Gasteiger partial charge on any atom is -0.452 e. The molecular formula is C15H16F3NO3. The largest absolute Gasteiger partial charge is 0.452 e. The van der Waals surface area contributed by atoms with Crippen molar-refractivity contribution in [3.63, 3.8) is 0 Å². The Morgan fingerprint density at radius 2 is 1.73 bits per heavy atom. The van der Waals surface area contributed by atoms with Gasteiger partial charge in [-0.15, -0.1) is 0 Å². The second kappa shape index (κ2) is 6.81. The van der Waals surface area contributed by atoms with E-state index in [2.05, 4.69) is 0 Å². The van der Waals surface area contributed by atoms with Crippen LogP contribution in [0.2, 0.25) is 0 Å². The summed E-state index contributed by atoms with van der Waals surface area (Å²) in [4.78, 5) is 25.2. The molecule has 1 aliphatic rings. The first-order chi connectivity index (χ1) is 10.4. The van der Waals surface area contributed by atoms with Gasteiger partial charge in [0.15, 0.2) is 6.61 Å². The molecule has 0 aliphatic carbocycles. The SMILES string of the molecule is O=C(OCC(=O)N1CCCCC1)c1ccccc1C(F)(F)F. The van der Waals surface area contributed by atoms with Crippen molar-refractivity contribution in [1.82, 2.24) is 4.90 Å². The van der Waals surface area contributed by atoms with E-state index in [0.29, 0.717) is 13.1 Å². The number of carbonyl (C=O) groups excluding carboxylic acids is 2. The van der Waals surface area contributed by atoms with E-state index in [1.54, 1.807) is 4.90 Å². The number of likely N-dealkylation sites (tertiary alicyclic amines) is 1. The molecule has 1 heterocycles. The smallest absolute Gasteiger partial charge is 0.417 e. The summed E-state index contributed by atoms with van der Waals surface area (Å²) in [6.45, 7) is 0.649. The van der Waals surface area contributed by atoms with Gasteiger partial charge in [0.25, 0.3) is 5.91 Å². The van der Waals surface area contributed by atoms with Crippen molar-refractivity contribution >= 4 is 11.9 Å². The van der Waals surface area contributed by atoms with Crippen molar-refractivity contribution < 1.29 is 27.5 Å². The van der Waals surface area contributed by atoms with Crippen LogP contribution in [0.1, 0.15) is 35.2 Å². The normalized spacial score (nSPS) is 15.5. The maximum atomic E-state index is 12.8.